The first-order valence-electron chi connectivity index (χ1n) is 8.69. The Balaban J connectivity index is 0.00000243. The molecule has 0 amide bonds. The summed E-state index contributed by atoms with van der Waals surface area (Å²) in [5.41, 5.74) is 6.72. The molecule has 26 heavy (non-hydrogen) atoms. The number of rotatable bonds is 5. The Morgan fingerprint density at radius 1 is 1.23 bits per heavy atom. The van der Waals surface area contributed by atoms with E-state index in [0.29, 0.717) is 35.5 Å². The highest BCUT2D eigenvalue weighted by molar-refractivity contribution is 14.0. The Kier molecular flexibility index (Phi) is 7.28. The van der Waals surface area contributed by atoms with Gasteiger partial charge in [0.1, 0.15) is 0 Å². The van der Waals surface area contributed by atoms with Gasteiger partial charge in [0.2, 0.25) is 10.0 Å². The fraction of sp³-hybridized carbons (Fsp3) is 0.588. The summed E-state index contributed by atoms with van der Waals surface area (Å²) in [5, 5.41) is 0. The number of halogens is 1. The molecule has 0 atom stereocenters. The Morgan fingerprint density at radius 2 is 1.85 bits per heavy atom. The van der Waals surface area contributed by atoms with Crippen molar-refractivity contribution in [1.82, 2.24) is 14.1 Å². The Morgan fingerprint density at radius 3 is 2.46 bits per heavy atom. The van der Waals surface area contributed by atoms with Crippen molar-refractivity contribution in [3.05, 3.63) is 29.8 Å². The quantitative estimate of drug-likeness (QED) is 0.378. The molecule has 1 aliphatic carbocycles. The van der Waals surface area contributed by atoms with Crippen LogP contribution in [0, 0.1) is 0 Å². The molecule has 1 saturated carbocycles. The smallest absolute Gasteiger partial charge is 0.243 e. The summed E-state index contributed by atoms with van der Waals surface area (Å²) in [7, 11) is 0.434. The van der Waals surface area contributed by atoms with Crippen molar-refractivity contribution in [2.45, 2.75) is 30.3 Å². The summed E-state index contributed by atoms with van der Waals surface area (Å²) < 4.78 is 27.6. The van der Waals surface area contributed by atoms with Crippen molar-refractivity contribution in [2.24, 2.45) is 10.7 Å². The number of benzene rings is 1. The maximum atomic E-state index is 13.0. The molecule has 0 bridgehead atoms. The molecule has 0 aromatic heterocycles. The first kappa shape index (κ1) is 21.4. The predicted molar refractivity (Wildman–Crippen MR) is 114 cm³/mol. The van der Waals surface area contributed by atoms with Gasteiger partial charge in [-0.25, -0.2) is 13.4 Å². The highest BCUT2D eigenvalue weighted by Crippen LogP contribution is 2.25. The summed E-state index contributed by atoms with van der Waals surface area (Å²) in [6.07, 6.45) is 2.28. The van der Waals surface area contributed by atoms with Gasteiger partial charge in [-0.3, -0.25) is 0 Å². The highest BCUT2D eigenvalue weighted by Gasteiger charge is 2.30. The second-order valence-electron chi connectivity index (χ2n) is 6.83. The number of piperazine rings is 1. The van der Waals surface area contributed by atoms with Gasteiger partial charge >= 0.3 is 0 Å². The Hall–Kier alpha value is -0.910. The van der Waals surface area contributed by atoms with Gasteiger partial charge in [0.25, 0.3) is 0 Å². The summed E-state index contributed by atoms with van der Waals surface area (Å²) in [6.45, 7) is 2.80. The van der Waals surface area contributed by atoms with Crippen LogP contribution in [0.15, 0.2) is 34.2 Å². The minimum absolute atomic E-state index is 0. The molecule has 1 aromatic rings. The molecule has 0 unspecified atom stereocenters. The lowest BCUT2D eigenvalue weighted by atomic mass is 10.2. The maximum absolute atomic E-state index is 13.0. The van der Waals surface area contributed by atoms with E-state index in [9.17, 15) is 8.42 Å². The van der Waals surface area contributed by atoms with E-state index in [2.05, 4.69) is 9.89 Å². The molecule has 1 heterocycles. The number of nitrogens with two attached hydrogens (primary N) is 1. The lowest BCUT2D eigenvalue weighted by Gasteiger charge is -2.32. The van der Waals surface area contributed by atoms with Crippen molar-refractivity contribution in [3.63, 3.8) is 0 Å². The maximum Gasteiger partial charge on any atom is 0.243 e. The number of nitrogens with zero attached hydrogens (tertiary/aromatic N) is 4. The SMILES string of the molecule is CN1CCN(S(=O)(=O)c2ccccc2CN=C(N)N(C)C2CC2)CC1.I. The molecule has 1 aliphatic heterocycles. The molecule has 1 aromatic carbocycles. The Bertz CT molecular complexity index is 743. The lowest BCUT2D eigenvalue weighted by Crippen LogP contribution is -2.47. The average molecular weight is 493 g/mol. The third-order valence-electron chi connectivity index (χ3n) is 4.92. The van der Waals surface area contributed by atoms with E-state index in [1.807, 2.05) is 31.1 Å². The number of hydrogen-bond donors (Lipinski definition) is 1. The van der Waals surface area contributed by atoms with Gasteiger partial charge in [0.05, 0.1) is 11.4 Å². The fourth-order valence-corrected chi connectivity index (χ4v) is 4.62. The molecular formula is C17H28IN5O2S. The third-order valence-corrected chi connectivity index (χ3v) is 6.92. The van der Waals surface area contributed by atoms with Crippen LogP contribution in [0.5, 0.6) is 0 Å². The number of sulfonamides is 1. The van der Waals surface area contributed by atoms with Crippen molar-refractivity contribution >= 4 is 40.0 Å². The lowest BCUT2D eigenvalue weighted by molar-refractivity contribution is 0.222. The van der Waals surface area contributed by atoms with E-state index in [0.717, 1.165) is 25.9 Å². The van der Waals surface area contributed by atoms with Crippen LogP contribution in [-0.2, 0) is 16.6 Å². The highest BCUT2D eigenvalue weighted by atomic mass is 127. The molecule has 0 spiro atoms. The third kappa shape index (κ3) is 4.87. The van der Waals surface area contributed by atoms with Gasteiger partial charge in [-0.15, -0.1) is 24.0 Å². The van der Waals surface area contributed by atoms with Gasteiger partial charge < -0.3 is 15.5 Å². The summed E-state index contributed by atoms with van der Waals surface area (Å²) >= 11 is 0. The van der Waals surface area contributed by atoms with Crippen LogP contribution >= 0.6 is 24.0 Å². The topological polar surface area (TPSA) is 82.2 Å². The second-order valence-corrected chi connectivity index (χ2v) is 8.74. The molecule has 3 rings (SSSR count). The van der Waals surface area contributed by atoms with E-state index in [-0.39, 0.29) is 30.5 Å². The molecule has 7 nitrogen and oxygen atoms in total. The zero-order valence-corrected chi connectivity index (χ0v) is 18.5. The molecule has 9 heteroatoms. The predicted octanol–water partition coefficient (Wildman–Crippen LogP) is 1.15. The zero-order chi connectivity index (χ0) is 18.0. The summed E-state index contributed by atoms with van der Waals surface area (Å²) in [6, 6.07) is 7.56. The summed E-state index contributed by atoms with van der Waals surface area (Å²) in [5.74, 6) is 0.467. The molecule has 1 saturated heterocycles. The van der Waals surface area contributed by atoms with Crippen molar-refractivity contribution < 1.29 is 8.42 Å². The normalized spacial score (nSPS) is 19.8. The molecule has 146 valence electrons. The number of likely N-dealkylation sites (N-methyl/N-ethyl adjacent to an activating group) is 1. The minimum Gasteiger partial charge on any atom is -0.370 e. The van der Waals surface area contributed by atoms with E-state index < -0.39 is 10.0 Å². The van der Waals surface area contributed by atoms with Crippen LogP contribution in [0.25, 0.3) is 0 Å². The van der Waals surface area contributed by atoms with E-state index >= 15 is 0 Å². The molecule has 2 fully saturated rings. The average Bonchev–Trinajstić information content (AvgIpc) is 3.44. The molecular weight excluding hydrogens is 465 g/mol. The van der Waals surface area contributed by atoms with Crippen molar-refractivity contribution in [1.29, 1.82) is 0 Å². The van der Waals surface area contributed by atoms with Crippen LogP contribution < -0.4 is 5.73 Å². The van der Waals surface area contributed by atoms with Crippen LogP contribution in [-0.4, -0.2) is 74.8 Å². The molecule has 2 aliphatic rings. The number of guanidine groups is 1. The van der Waals surface area contributed by atoms with Gasteiger partial charge in [0.15, 0.2) is 5.96 Å². The monoisotopic (exact) mass is 493 g/mol. The van der Waals surface area contributed by atoms with Crippen molar-refractivity contribution in [2.75, 3.05) is 40.3 Å². The van der Waals surface area contributed by atoms with Crippen LogP contribution in [0.1, 0.15) is 18.4 Å². The molecule has 0 radical (unpaired) electrons. The zero-order valence-electron chi connectivity index (χ0n) is 15.3. The molecule has 2 N–H and O–H groups in total. The number of hydrogen-bond acceptors (Lipinski definition) is 4. The number of aliphatic imine (C=N–C) groups is 1. The minimum atomic E-state index is -3.51. The van der Waals surface area contributed by atoms with E-state index in [4.69, 9.17) is 5.73 Å². The van der Waals surface area contributed by atoms with Crippen LogP contribution in [0.3, 0.4) is 0 Å². The van der Waals surface area contributed by atoms with E-state index in [1.165, 1.54) is 0 Å². The van der Waals surface area contributed by atoms with Crippen LogP contribution in [0.4, 0.5) is 0 Å². The first-order chi connectivity index (χ1) is 11.9. The first-order valence-corrected chi connectivity index (χ1v) is 10.1. The van der Waals surface area contributed by atoms with Crippen LogP contribution in [0.2, 0.25) is 0 Å². The standard InChI is InChI=1S/C17H27N5O2S.HI/c1-20-9-11-22(12-10-20)25(23,24)16-6-4-3-5-14(16)13-19-17(18)21(2)15-7-8-15;/h3-6,15H,7-13H2,1-2H3,(H2,18,19);1H. The fourth-order valence-electron chi connectivity index (χ4n) is 2.98. The van der Waals surface area contributed by atoms with Gasteiger partial charge in [-0.1, -0.05) is 18.2 Å². The Labute approximate surface area is 173 Å². The van der Waals surface area contributed by atoms with Gasteiger partial charge in [-0.2, -0.15) is 4.31 Å². The largest absolute Gasteiger partial charge is 0.370 e. The summed E-state index contributed by atoms with van der Waals surface area (Å²) in [4.78, 5) is 8.86. The van der Waals surface area contributed by atoms with E-state index in [1.54, 1.807) is 16.4 Å². The van der Waals surface area contributed by atoms with Gasteiger partial charge in [-0.05, 0) is 31.5 Å². The second kappa shape index (κ2) is 8.85. The van der Waals surface area contributed by atoms with Gasteiger partial charge in [0, 0.05) is 39.3 Å². The van der Waals surface area contributed by atoms with Crippen molar-refractivity contribution in [3.8, 4) is 0 Å².